The van der Waals surface area contributed by atoms with E-state index < -0.39 is 24.9 Å². The van der Waals surface area contributed by atoms with Crippen molar-refractivity contribution in [1.29, 1.82) is 0 Å². The van der Waals surface area contributed by atoms with Gasteiger partial charge in [0.25, 0.3) is 0 Å². The number of hydrogen-bond donors (Lipinski definition) is 1. The summed E-state index contributed by atoms with van der Waals surface area (Å²) in [6.07, 6.45) is -0.316. The maximum Gasteiger partial charge on any atom is 0.402 e. The molecular weight excluding hydrogens is 376 g/mol. The minimum atomic E-state index is -5.04. The molecule has 0 spiro atoms. The van der Waals surface area contributed by atoms with Gasteiger partial charge in [0.2, 0.25) is 0 Å². The zero-order valence-corrected chi connectivity index (χ0v) is 13.0. The van der Waals surface area contributed by atoms with Gasteiger partial charge in [-0.15, -0.1) is 0 Å². The van der Waals surface area contributed by atoms with Crippen LogP contribution in [0.3, 0.4) is 0 Å². The molecule has 0 aromatic heterocycles. The number of alkyl halides is 2. The van der Waals surface area contributed by atoms with Gasteiger partial charge in [0.15, 0.2) is 0 Å². The standard InChI is InChI=1S/C11H14F2IO3P/c1-3-8(2)17-18(15,16)11(12,13)9-4-6-10(14)7-5-9/h4-8H,3H2,1-2H3,(H,15,16). The van der Waals surface area contributed by atoms with Crippen LogP contribution in [0.1, 0.15) is 25.8 Å². The Labute approximate surface area is 118 Å². The maximum atomic E-state index is 13.9. The van der Waals surface area contributed by atoms with Crippen molar-refractivity contribution in [2.45, 2.75) is 32.0 Å². The topological polar surface area (TPSA) is 46.5 Å². The third kappa shape index (κ3) is 3.50. The van der Waals surface area contributed by atoms with Crippen LogP contribution in [-0.4, -0.2) is 11.0 Å². The van der Waals surface area contributed by atoms with E-state index in [0.29, 0.717) is 6.42 Å². The molecule has 0 saturated heterocycles. The molecule has 0 radical (unpaired) electrons. The predicted octanol–water partition coefficient (Wildman–Crippen LogP) is 4.34. The monoisotopic (exact) mass is 390 g/mol. The largest absolute Gasteiger partial charge is 0.402 e. The summed E-state index contributed by atoms with van der Waals surface area (Å²) in [5.74, 6) is 0. The van der Waals surface area contributed by atoms with E-state index >= 15 is 0 Å². The van der Waals surface area contributed by atoms with Gasteiger partial charge in [-0.1, -0.05) is 19.1 Å². The van der Waals surface area contributed by atoms with Gasteiger partial charge < -0.3 is 9.42 Å². The second-order valence-electron chi connectivity index (χ2n) is 3.89. The van der Waals surface area contributed by atoms with Crippen molar-refractivity contribution in [1.82, 2.24) is 0 Å². The fraction of sp³-hybridized carbons (Fsp3) is 0.455. The summed E-state index contributed by atoms with van der Waals surface area (Å²) < 4.78 is 44.9. The highest BCUT2D eigenvalue weighted by molar-refractivity contribution is 14.1. The van der Waals surface area contributed by atoms with E-state index in [1.165, 1.54) is 19.1 Å². The summed E-state index contributed by atoms with van der Waals surface area (Å²) in [6.45, 7) is 3.17. The van der Waals surface area contributed by atoms with E-state index in [1.807, 2.05) is 22.6 Å². The second kappa shape index (κ2) is 5.94. The first kappa shape index (κ1) is 16.0. The minimum Gasteiger partial charge on any atom is -0.320 e. The normalized spacial score (nSPS) is 17.2. The summed E-state index contributed by atoms with van der Waals surface area (Å²) in [6, 6.07) is 5.16. The van der Waals surface area contributed by atoms with Crippen molar-refractivity contribution >= 4 is 30.2 Å². The zero-order chi connectivity index (χ0) is 14.0. The van der Waals surface area contributed by atoms with Gasteiger partial charge in [0, 0.05) is 9.13 Å². The van der Waals surface area contributed by atoms with Crippen LogP contribution in [0.25, 0.3) is 0 Å². The second-order valence-corrected chi connectivity index (χ2v) is 6.95. The van der Waals surface area contributed by atoms with E-state index in [-0.39, 0.29) is 0 Å². The molecule has 0 bridgehead atoms. The Morgan fingerprint density at radius 2 is 1.94 bits per heavy atom. The fourth-order valence-corrected chi connectivity index (χ4v) is 2.80. The van der Waals surface area contributed by atoms with Crippen LogP contribution in [0.4, 0.5) is 8.78 Å². The van der Waals surface area contributed by atoms with Crippen LogP contribution >= 0.6 is 30.2 Å². The van der Waals surface area contributed by atoms with E-state index in [9.17, 15) is 18.2 Å². The molecule has 0 heterocycles. The average molecular weight is 390 g/mol. The number of halogens is 3. The SMILES string of the molecule is CCC(C)OP(=O)(O)C(F)(F)c1ccc(I)cc1. The molecule has 0 fully saturated rings. The lowest BCUT2D eigenvalue weighted by Crippen LogP contribution is -2.19. The minimum absolute atomic E-state index is 0.382. The molecule has 0 amide bonds. The lowest BCUT2D eigenvalue weighted by Gasteiger charge is -2.24. The van der Waals surface area contributed by atoms with Crippen LogP contribution in [0.2, 0.25) is 0 Å². The predicted molar refractivity (Wildman–Crippen MR) is 73.7 cm³/mol. The van der Waals surface area contributed by atoms with Gasteiger partial charge in [-0.25, -0.2) is 0 Å². The lowest BCUT2D eigenvalue weighted by molar-refractivity contribution is 0.0347. The van der Waals surface area contributed by atoms with Crippen LogP contribution < -0.4 is 0 Å². The molecule has 1 aromatic rings. The molecule has 2 unspecified atom stereocenters. The molecular formula is C11H14F2IO3P. The first-order valence-electron chi connectivity index (χ1n) is 5.36. The quantitative estimate of drug-likeness (QED) is 0.601. The summed E-state index contributed by atoms with van der Waals surface area (Å²) in [5, 5.41) is 0. The molecule has 3 nitrogen and oxygen atoms in total. The van der Waals surface area contributed by atoms with Gasteiger partial charge >= 0.3 is 13.3 Å². The Morgan fingerprint density at radius 3 is 2.39 bits per heavy atom. The lowest BCUT2D eigenvalue weighted by atomic mass is 10.2. The molecule has 1 aromatic carbocycles. The van der Waals surface area contributed by atoms with E-state index in [0.717, 1.165) is 15.7 Å². The van der Waals surface area contributed by atoms with E-state index in [1.54, 1.807) is 6.92 Å². The van der Waals surface area contributed by atoms with Crippen LogP contribution in [0.15, 0.2) is 24.3 Å². The molecule has 0 aliphatic carbocycles. The van der Waals surface area contributed by atoms with Crippen LogP contribution in [0.5, 0.6) is 0 Å². The Hall–Kier alpha value is -0.0400. The first-order chi connectivity index (χ1) is 8.20. The summed E-state index contributed by atoms with van der Waals surface area (Å²) in [7, 11) is -5.04. The zero-order valence-electron chi connectivity index (χ0n) is 9.94. The van der Waals surface area contributed by atoms with Crippen LogP contribution in [0, 0.1) is 3.57 Å². The Morgan fingerprint density at radius 1 is 1.44 bits per heavy atom. The first-order valence-corrected chi connectivity index (χ1v) is 8.01. The molecule has 2 atom stereocenters. The summed E-state index contributed by atoms with van der Waals surface area (Å²) >= 11 is 1.96. The number of benzene rings is 1. The smallest absolute Gasteiger partial charge is 0.320 e. The average Bonchev–Trinajstić information content (AvgIpc) is 2.28. The number of rotatable bonds is 5. The van der Waals surface area contributed by atoms with Gasteiger partial charge in [0.05, 0.1) is 6.10 Å². The van der Waals surface area contributed by atoms with Gasteiger partial charge in [0.1, 0.15) is 0 Å². The van der Waals surface area contributed by atoms with Crippen molar-refractivity contribution < 1.29 is 22.8 Å². The molecule has 18 heavy (non-hydrogen) atoms. The van der Waals surface area contributed by atoms with E-state index in [4.69, 9.17) is 0 Å². The highest BCUT2D eigenvalue weighted by Crippen LogP contribution is 2.63. The van der Waals surface area contributed by atoms with Crippen molar-refractivity contribution in [2.75, 3.05) is 0 Å². The van der Waals surface area contributed by atoms with Crippen molar-refractivity contribution in [3.05, 3.63) is 33.4 Å². The molecule has 0 aliphatic heterocycles. The summed E-state index contributed by atoms with van der Waals surface area (Å²) in [5.41, 5.74) is -4.42. The van der Waals surface area contributed by atoms with Crippen molar-refractivity contribution in [2.24, 2.45) is 0 Å². The molecule has 0 saturated carbocycles. The molecule has 102 valence electrons. The van der Waals surface area contributed by atoms with Gasteiger partial charge in [-0.2, -0.15) is 8.78 Å². The Bertz CT molecular complexity index is 450. The molecule has 7 heteroatoms. The third-order valence-corrected chi connectivity index (χ3v) is 4.78. The highest BCUT2D eigenvalue weighted by atomic mass is 127. The molecule has 0 aliphatic rings. The maximum absolute atomic E-state index is 13.9. The Balaban J connectivity index is 3.04. The fourth-order valence-electron chi connectivity index (χ4n) is 1.20. The summed E-state index contributed by atoms with van der Waals surface area (Å²) in [4.78, 5) is 9.45. The Kier molecular flexibility index (Phi) is 5.29. The van der Waals surface area contributed by atoms with E-state index in [2.05, 4.69) is 4.52 Å². The van der Waals surface area contributed by atoms with Crippen molar-refractivity contribution in [3.8, 4) is 0 Å². The molecule has 1 rings (SSSR count). The molecule has 1 N–H and O–H groups in total. The number of hydrogen-bond acceptors (Lipinski definition) is 2. The third-order valence-electron chi connectivity index (χ3n) is 2.44. The van der Waals surface area contributed by atoms with Crippen molar-refractivity contribution in [3.63, 3.8) is 0 Å². The van der Waals surface area contributed by atoms with Crippen LogP contribution in [-0.2, 0) is 14.8 Å². The van der Waals surface area contributed by atoms with Gasteiger partial charge in [-0.3, -0.25) is 4.57 Å². The highest BCUT2D eigenvalue weighted by Gasteiger charge is 2.53. The van der Waals surface area contributed by atoms with Gasteiger partial charge in [-0.05, 0) is 48.1 Å².